The van der Waals surface area contributed by atoms with E-state index in [-0.39, 0.29) is 16.2 Å². The Labute approximate surface area is 202 Å². The van der Waals surface area contributed by atoms with Crippen LogP contribution in [0.4, 0.5) is 0 Å². The Kier molecular flexibility index (Phi) is 6.47. The van der Waals surface area contributed by atoms with E-state index < -0.39 is 0 Å². The Hall–Kier alpha value is -2.16. The SMILES string of the molecule is Cc1cc(C)c(-n2c(C)c(C)n(-c3c(C)cc(C)cc3C)[c]2=[Ru]=[CH]c2cccs2)c(C)c1. The molecule has 168 valence electrons. The summed E-state index contributed by atoms with van der Waals surface area (Å²) in [6.07, 6.45) is 0. The third-order valence-corrected chi connectivity index (χ3v) is 9.22. The average molecular weight is 530 g/mol. The summed E-state index contributed by atoms with van der Waals surface area (Å²) < 4.78 is 8.93. The van der Waals surface area contributed by atoms with Crippen molar-refractivity contribution in [3.8, 4) is 11.4 Å². The molecule has 0 aliphatic carbocycles. The molecule has 4 aromatic rings. The molecule has 32 heavy (non-hydrogen) atoms. The fourth-order valence-electron chi connectivity index (χ4n) is 4.79. The van der Waals surface area contributed by atoms with Crippen LogP contribution in [-0.2, 0) is 16.2 Å². The van der Waals surface area contributed by atoms with Gasteiger partial charge in [0.05, 0.1) is 0 Å². The van der Waals surface area contributed by atoms with E-state index >= 15 is 0 Å². The molecule has 0 unspecified atom stereocenters. The van der Waals surface area contributed by atoms with E-state index in [4.69, 9.17) is 0 Å². The van der Waals surface area contributed by atoms with Gasteiger partial charge in [-0.25, -0.2) is 0 Å². The van der Waals surface area contributed by atoms with Crippen LogP contribution < -0.4 is 0 Å². The summed E-state index contributed by atoms with van der Waals surface area (Å²) in [5.41, 5.74) is 13.3. The number of nitrogens with zero attached hydrogens (tertiary/aromatic N) is 2. The van der Waals surface area contributed by atoms with E-state index in [0.29, 0.717) is 0 Å². The zero-order valence-electron chi connectivity index (χ0n) is 20.3. The van der Waals surface area contributed by atoms with E-state index in [1.165, 1.54) is 65.0 Å². The first-order chi connectivity index (χ1) is 15.2. The molecule has 0 bridgehead atoms. The van der Waals surface area contributed by atoms with Crippen LogP contribution in [-0.4, -0.2) is 13.7 Å². The molecule has 0 amide bonds. The van der Waals surface area contributed by atoms with E-state index in [1.54, 1.807) is 0 Å². The number of hydrogen-bond acceptors (Lipinski definition) is 1. The third-order valence-electron chi connectivity index (χ3n) is 6.06. The number of aryl methyl sites for hydroxylation is 6. The Morgan fingerprint density at radius 3 is 1.50 bits per heavy atom. The van der Waals surface area contributed by atoms with Crippen molar-refractivity contribution in [3.63, 3.8) is 0 Å². The fourth-order valence-corrected chi connectivity index (χ4v) is 7.97. The summed E-state index contributed by atoms with van der Waals surface area (Å²) >= 11 is 1.68. The van der Waals surface area contributed by atoms with Crippen LogP contribution in [0.15, 0.2) is 41.8 Å². The minimum absolute atomic E-state index is 0.146. The molecule has 0 radical (unpaired) electrons. The molecule has 2 nitrogen and oxygen atoms in total. The number of hydrogen-bond donors (Lipinski definition) is 0. The van der Waals surface area contributed by atoms with Gasteiger partial charge in [0.2, 0.25) is 0 Å². The third kappa shape index (κ3) is 4.11. The average Bonchev–Trinajstić information content (AvgIpc) is 3.29. The van der Waals surface area contributed by atoms with Crippen molar-refractivity contribution < 1.29 is 16.2 Å². The van der Waals surface area contributed by atoms with Crippen LogP contribution >= 0.6 is 11.3 Å². The first kappa shape index (κ1) is 23.0. The Morgan fingerprint density at radius 1 is 0.688 bits per heavy atom. The van der Waals surface area contributed by atoms with Crippen LogP contribution in [0.2, 0.25) is 0 Å². The molecule has 0 atom stereocenters. The first-order valence-electron chi connectivity index (χ1n) is 11.0. The Balaban J connectivity index is 2.20. The van der Waals surface area contributed by atoms with Crippen LogP contribution in [0, 0.1) is 59.4 Å². The van der Waals surface area contributed by atoms with Gasteiger partial charge in [-0.2, -0.15) is 0 Å². The maximum atomic E-state index is 2.54. The van der Waals surface area contributed by atoms with Crippen molar-refractivity contribution >= 4 is 15.9 Å². The van der Waals surface area contributed by atoms with Gasteiger partial charge in [-0.3, -0.25) is 0 Å². The molecule has 2 heterocycles. The van der Waals surface area contributed by atoms with Crippen molar-refractivity contribution in [2.45, 2.75) is 55.4 Å². The van der Waals surface area contributed by atoms with Crippen LogP contribution in [0.5, 0.6) is 0 Å². The molecular formula is C28H32N2RuS. The number of imidazole rings is 1. The summed E-state index contributed by atoms with van der Waals surface area (Å²) in [5.74, 6) is 0. The van der Waals surface area contributed by atoms with Gasteiger partial charge in [0.25, 0.3) is 0 Å². The predicted octanol–water partition coefficient (Wildman–Crippen LogP) is 7.26. The second-order valence-corrected chi connectivity index (χ2v) is 11.6. The molecule has 0 aliphatic heterocycles. The van der Waals surface area contributed by atoms with Gasteiger partial charge in [-0.15, -0.1) is 0 Å². The number of aromatic nitrogens is 2. The van der Waals surface area contributed by atoms with Crippen molar-refractivity contribution in [2.75, 3.05) is 0 Å². The second kappa shape index (κ2) is 9.00. The molecular weight excluding hydrogens is 497 g/mol. The van der Waals surface area contributed by atoms with Gasteiger partial charge < -0.3 is 0 Å². The quantitative estimate of drug-likeness (QED) is 0.247. The van der Waals surface area contributed by atoms with Crippen LogP contribution in [0.3, 0.4) is 0 Å². The van der Waals surface area contributed by atoms with Gasteiger partial charge >= 0.3 is 204 Å². The molecule has 0 saturated heterocycles. The summed E-state index contributed by atoms with van der Waals surface area (Å²) in [7, 11) is 0. The summed E-state index contributed by atoms with van der Waals surface area (Å²) in [6, 6.07) is 13.6. The molecule has 2 aromatic carbocycles. The molecule has 0 saturated carbocycles. The summed E-state index contributed by atoms with van der Waals surface area (Å²) in [6.45, 7) is 17.9. The maximum absolute atomic E-state index is 2.54. The summed E-state index contributed by atoms with van der Waals surface area (Å²) in [4.78, 5) is 1.35. The van der Waals surface area contributed by atoms with E-state index in [0.717, 1.165) is 0 Å². The van der Waals surface area contributed by atoms with Gasteiger partial charge in [0, 0.05) is 0 Å². The van der Waals surface area contributed by atoms with E-state index in [9.17, 15) is 0 Å². The van der Waals surface area contributed by atoms with Crippen LogP contribution in [0.25, 0.3) is 11.4 Å². The van der Waals surface area contributed by atoms with Crippen molar-refractivity contribution in [1.29, 1.82) is 0 Å². The molecule has 0 fully saturated rings. The molecule has 0 spiro atoms. The van der Waals surface area contributed by atoms with Gasteiger partial charge in [-0.05, 0) is 0 Å². The predicted molar refractivity (Wildman–Crippen MR) is 136 cm³/mol. The van der Waals surface area contributed by atoms with E-state index in [1.807, 2.05) is 11.3 Å². The second-order valence-electron chi connectivity index (χ2n) is 8.81. The van der Waals surface area contributed by atoms with Crippen molar-refractivity contribution in [3.05, 3.63) is 95.4 Å². The molecule has 0 N–H and O–H groups in total. The zero-order chi connectivity index (χ0) is 23.2. The van der Waals surface area contributed by atoms with Crippen LogP contribution in [0.1, 0.15) is 49.6 Å². The first-order valence-corrected chi connectivity index (χ1v) is 13.7. The number of rotatable bonds is 3. The Morgan fingerprint density at radius 2 is 1.12 bits per heavy atom. The van der Waals surface area contributed by atoms with Gasteiger partial charge in [-0.1, -0.05) is 0 Å². The van der Waals surface area contributed by atoms with Gasteiger partial charge in [0.15, 0.2) is 0 Å². The van der Waals surface area contributed by atoms with Gasteiger partial charge in [0.1, 0.15) is 0 Å². The summed E-state index contributed by atoms with van der Waals surface area (Å²) in [5, 5.41) is 2.17. The Bertz CT molecular complexity index is 1300. The standard InChI is InChI=1S/C23H28N2.C5H4S.Ru/c1-14-9-16(3)22(17(4)10-14)24-13-25(21(8)20(24)7)23-18(5)11-15(2)12-19(23)6;1-5-3-2-4-6-5;/h9-12H,1-8H3;1-4H;. The molecule has 4 rings (SSSR count). The van der Waals surface area contributed by atoms with Crippen molar-refractivity contribution in [1.82, 2.24) is 9.13 Å². The number of benzene rings is 2. The number of thiophene rings is 1. The molecule has 4 heteroatoms. The molecule has 0 aliphatic rings. The van der Waals surface area contributed by atoms with Crippen molar-refractivity contribution in [2.24, 2.45) is 0 Å². The van der Waals surface area contributed by atoms with E-state index in [2.05, 4.69) is 111 Å². The molecule has 2 aromatic heterocycles. The monoisotopic (exact) mass is 530 g/mol. The topological polar surface area (TPSA) is 9.86 Å². The zero-order valence-corrected chi connectivity index (χ0v) is 22.8. The minimum atomic E-state index is -0.146. The normalized spacial score (nSPS) is 11.2. The fraction of sp³-hybridized carbons (Fsp3) is 0.286.